The molecule has 0 saturated heterocycles. The van der Waals surface area contributed by atoms with Crippen LogP contribution in [0, 0.1) is 6.92 Å². The third kappa shape index (κ3) is 3.04. The van der Waals surface area contributed by atoms with E-state index in [0.717, 1.165) is 15.0 Å². The molecule has 0 saturated carbocycles. The van der Waals surface area contributed by atoms with Crippen LogP contribution in [0.3, 0.4) is 0 Å². The Bertz CT molecular complexity index is 411. The SMILES string of the molecule is Cc1nsc(/C=N/[N+](C)(C)C(N)=S)c1Br. The molecule has 82 valence electrons. The molecule has 0 aromatic carbocycles. The van der Waals surface area contributed by atoms with Gasteiger partial charge in [0.25, 0.3) is 5.11 Å². The molecule has 7 heteroatoms. The lowest BCUT2D eigenvalue weighted by Crippen LogP contribution is -2.44. The van der Waals surface area contributed by atoms with Crippen LogP contribution in [-0.4, -0.2) is 34.4 Å². The summed E-state index contributed by atoms with van der Waals surface area (Å²) in [5.41, 5.74) is 6.50. The predicted octanol–water partition coefficient (Wildman–Crippen LogP) is 1.87. The molecule has 0 atom stereocenters. The predicted molar refractivity (Wildman–Crippen MR) is 71.0 cm³/mol. The Morgan fingerprint density at radius 2 is 2.27 bits per heavy atom. The maximum atomic E-state index is 5.54. The van der Waals surface area contributed by atoms with Crippen molar-refractivity contribution in [2.75, 3.05) is 14.1 Å². The van der Waals surface area contributed by atoms with Gasteiger partial charge in [-0.1, -0.05) is 5.10 Å². The molecular weight excluding hydrogens is 296 g/mol. The second-order valence-electron chi connectivity index (χ2n) is 3.42. The molecule has 15 heavy (non-hydrogen) atoms. The van der Waals surface area contributed by atoms with Gasteiger partial charge in [-0.05, 0) is 34.4 Å². The van der Waals surface area contributed by atoms with Gasteiger partial charge in [0.1, 0.15) is 6.21 Å². The maximum absolute atomic E-state index is 5.54. The Morgan fingerprint density at radius 3 is 2.67 bits per heavy atom. The molecule has 1 rings (SSSR count). The first-order valence-electron chi connectivity index (χ1n) is 4.16. The van der Waals surface area contributed by atoms with Gasteiger partial charge in [-0.15, -0.1) is 4.59 Å². The lowest BCUT2D eigenvalue weighted by Gasteiger charge is -2.18. The van der Waals surface area contributed by atoms with E-state index in [4.69, 9.17) is 18.0 Å². The number of thiocarbonyl (C=S) groups is 1. The summed E-state index contributed by atoms with van der Waals surface area (Å²) in [6.45, 7) is 1.94. The van der Waals surface area contributed by atoms with E-state index in [9.17, 15) is 0 Å². The van der Waals surface area contributed by atoms with Crippen molar-refractivity contribution in [3.8, 4) is 0 Å². The van der Waals surface area contributed by atoms with E-state index in [2.05, 4.69) is 25.4 Å². The molecule has 0 aliphatic rings. The number of nitrogens with two attached hydrogens (primary N) is 1. The topological polar surface area (TPSA) is 51.3 Å². The van der Waals surface area contributed by atoms with E-state index in [0.29, 0.717) is 5.11 Å². The molecule has 1 aromatic rings. The number of hydrogen-bond acceptors (Lipinski definition) is 4. The minimum Gasteiger partial charge on any atom is -0.343 e. The van der Waals surface area contributed by atoms with E-state index in [1.54, 1.807) is 6.21 Å². The van der Waals surface area contributed by atoms with Gasteiger partial charge in [0.15, 0.2) is 0 Å². The van der Waals surface area contributed by atoms with Crippen molar-refractivity contribution >= 4 is 51.0 Å². The van der Waals surface area contributed by atoms with Crippen LogP contribution >= 0.6 is 39.7 Å². The Labute approximate surface area is 107 Å². The van der Waals surface area contributed by atoms with Gasteiger partial charge >= 0.3 is 0 Å². The van der Waals surface area contributed by atoms with Crippen LogP contribution in [0.1, 0.15) is 10.6 Å². The van der Waals surface area contributed by atoms with Crippen LogP contribution in [0.4, 0.5) is 0 Å². The summed E-state index contributed by atoms with van der Waals surface area (Å²) in [6.07, 6.45) is 1.73. The second-order valence-corrected chi connectivity index (χ2v) is 5.44. The normalized spacial score (nSPS) is 12.3. The van der Waals surface area contributed by atoms with Crippen LogP contribution in [-0.2, 0) is 0 Å². The number of hydrogen-bond donors (Lipinski definition) is 1. The molecule has 0 aliphatic heterocycles. The number of aromatic nitrogens is 1. The Hall–Kier alpha value is -0.370. The molecule has 0 fully saturated rings. The van der Waals surface area contributed by atoms with E-state index in [1.165, 1.54) is 11.5 Å². The Kier molecular flexibility index (Phi) is 3.93. The lowest BCUT2D eigenvalue weighted by atomic mass is 10.4. The van der Waals surface area contributed by atoms with Gasteiger partial charge < -0.3 is 5.73 Å². The quantitative estimate of drug-likeness (QED) is 0.393. The average molecular weight is 308 g/mol. The fraction of sp³-hybridized carbons (Fsp3) is 0.375. The fourth-order valence-electron chi connectivity index (χ4n) is 0.710. The highest BCUT2D eigenvalue weighted by Gasteiger charge is 2.18. The van der Waals surface area contributed by atoms with Gasteiger partial charge in [-0.2, -0.15) is 4.37 Å². The fourth-order valence-corrected chi connectivity index (χ4v) is 1.93. The van der Waals surface area contributed by atoms with Crippen molar-refractivity contribution in [2.45, 2.75) is 6.92 Å². The number of rotatable bonds is 2. The number of quaternary nitrogens is 1. The van der Waals surface area contributed by atoms with Crippen LogP contribution in [0.25, 0.3) is 0 Å². The van der Waals surface area contributed by atoms with Crippen LogP contribution in [0.5, 0.6) is 0 Å². The first-order chi connectivity index (χ1) is 6.84. The largest absolute Gasteiger partial charge is 0.343 e. The standard InChI is InChI=1S/C8H11BrN4S2/c1-5-7(9)6(15-12-5)4-11-13(2,3)8(10)14/h4H,1-3H3,(H-,10,14)/p+1/b11-4+. The lowest BCUT2D eigenvalue weighted by molar-refractivity contribution is -0.804. The van der Waals surface area contributed by atoms with Crippen molar-refractivity contribution in [1.29, 1.82) is 0 Å². The van der Waals surface area contributed by atoms with Gasteiger partial charge in [0, 0.05) is 12.2 Å². The minimum atomic E-state index is 0.138. The monoisotopic (exact) mass is 307 g/mol. The Morgan fingerprint density at radius 1 is 1.67 bits per heavy atom. The molecule has 1 heterocycles. The summed E-state index contributed by atoms with van der Waals surface area (Å²) in [6, 6.07) is 0. The van der Waals surface area contributed by atoms with Gasteiger partial charge in [-0.3, -0.25) is 0 Å². The zero-order valence-electron chi connectivity index (χ0n) is 8.69. The van der Waals surface area contributed by atoms with Gasteiger partial charge in [-0.25, -0.2) is 0 Å². The first kappa shape index (κ1) is 12.7. The zero-order valence-corrected chi connectivity index (χ0v) is 11.9. The van der Waals surface area contributed by atoms with E-state index in [-0.39, 0.29) is 4.59 Å². The van der Waals surface area contributed by atoms with Crippen LogP contribution < -0.4 is 5.73 Å². The molecule has 0 aliphatic carbocycles. The number of halogens is 1. The maximum Gasteiger partial charge on any atom is 0.293 e. The Balaban J connectivity index is 2.91. The van der Waals surface area contributed by atoms with Crippen molar-refractivity contribution in [2.24, 2.45) is 10.8 Å². The summed E-state index contributed by atoms with van der Waals surface area (Å²) < 4.78 is 5.30. The highest BCUT2D eigenvalue weighted by Crippen LogP contribution is 2.22. The highest BCUT2D eigenvalue weighted by atomic mass is 79.9. The summed E-state index contributed by atoms with van der Waals surface area (Å²) in [5, 5.41) is 4.61. The number of aryl methyl sites for hydroxylation is 1. The molecule has 0 radical (unpaired) electrons. The summed E-state index contributed by atoms with van der Waals surface area (Å²) in [5.74, 6) is 0. The molecule has 2 N–H and O–H groups in total. The van der Waals surface area contributed by atoms with Crippen LogP contribution in [0.2, 0.25) is 0 Å². The van der Waals surface area contributed by atoms with Crippen molar-refractivity contribution in [3.05, 3.63) is 15.0 Å². The van der Waals surface area contributed by atoms with Crippen molar-refractivity contribution < 1.29 is 4.59 Å². The minimum absolute atomic E-state index is 0.138. The summed E-state index contributed by atoms with van der Waals surface area (Å²) in [4.78, 5) is 0.968. The summed E-state index contributed by atoms with van der Waals surface area (Å²) in [7, 11) is 3.64. The summed E-state index contributed by atoms with van der Waals surface area (Å²) >= 11 is 9.73. The van der Waals surface area contributed by atoms with Gasteiger partial charge in [0.05, 0.1) is 29.1 Å². The second kappa shape index (κ2) is 4.65. The van der Waals surface area contributed by atoms with Crippen molar-refractivity contribution in [3.63, 3.8) is 0 Å². The average Bonchev–Trinajstić information content (AvgIpc) is 2.45. The molecule has 0 amide bonds. The van der Waals surface area contributed by atoms with E-state index >= 15 is 0 Å². The third-order valence-corrected chi connectivity index (χ3v) is 4.40. The van der Waals surface area contributed by atoms with E-state index in [1.807, 2.05) is 21.0 Å². The third-order valence-electron chi connectivity index (χ3n) is 1.82. The smallest absolute Gasteiger partial charge is 0.293 e. The molecule has 1 aromatic heterocycles. The molecule has 0 unspecified atom stereocenters. The zero-order chi connectivity index (χ0) is 11.6. The molecular formula is C8H12BrN4S2+. The molecule has 0 spiro atoms. The van der Waals surface area contributed by atoms with Gasteiger partial charge in [0.2, 0.25) is 0 Å². The highest BCUT2D eigenvalue weighted by molar-refractivity contribution is 9.10. The van der Waals surface area contributed by atoms with Crippen LogP contribution in [0.15, 0.2) is 9.57 Å². The van der Waals surface area contributed by atoms with Crippen molar-refractivity contribution in [1.82, 2.24) is 4.37 Å². The molecule has 4 nitrogen and oxygen atoms in total. The van der Waals surface area contributed by atoms with E-state index < -0.39 is 0 Å². The number of nitrogens with zero attached hydrogens (tertiary/aromatic N) is 3. The molecule has 0 bridgehead atoms. The first-order valence-corrected chi connectivity index (χ1v) is 6.13.